The normalized spacial score (nSPS) is 17.5. The SMILES string of the molecule is CC(C)C(C)NC(=O)CNCCN(C)C1CC1. The Kier molecular flexibility index (Phi) is 5.92. The maximum absolute atomic E-state index is 11.6. The van der Waals surface area contributed by atoms with Crippen molar-refractivity contribution in [3.05, 3.63) is 0 Å². The standard InChI is InChI=1S/C13H27N3O/c1-10(2)11(3)15-13(17)9-14-7-8-16(4)12-5-6-12/h10-12,14H,5-9H2,1-4H3,(H,15,17). The monoisotopic (exact) mass is 241 g/mol. The Morgan fingerprint density at radius 1 is 1.35 bits per heavy atom. The molecule has 0 spiro atoms. The van der Waals surface area contributed by atoms with Crippen LogP contribution in [0.3, 0.4) is 0 Å². The third kappa shape index (κ3) is 6.03. The molecular weight excluding hydrogens is 214 g/mol. The molecule has 0 radical (unpaired) electrons. The van der Waals surface area contributed by atoms with Crippen LogP contribution in [-0.4, -0.2) is 49.6 Å². The molecule has 1 aliphatic rings. The van der Waals surface area contributed by atoms with Crippen molar-refractivity contribution in [1.29, 1.82) is 0 Å². The number of amides is 1. The highest BCUT2D eigenvalue weighted by Gasteiger charge is 2.25. The number of carbonyl (C=O) groups excluding carboxylic acids is 1. The minimum atomic E-state index is 0.0975. The zero-order valence-corrected chi connectivity index (χ0v) is 11.6. The third-order valence-corrected chi connectivity index (χ3v) is 3.49. The van der Waals surface area contributed by atoms with Crippen molar-refractivity contribution in [3.8, 4) is 0 Å². The molecule has 1 amide bonds. The second-order valence-corrected chi connectivity index (χ2v) is 5.49. The minimum Gasteiger partial charge on any atom is -0.352 e. The number of carbonyl (C=O) groups is 1. The van der Waals surface area contributed by atoms with E-state index in [0.717, 1.165) is 19.1 Å². The molecule has 1 atom stereocenters. The van der Waals surface area contributed by atoms with Crippen molar-refractivity contribution in [1.82, 2.24) is 15.5 Å². The van der Waals surface area contributed by atoms with Crippen molar-refractivity contribution < 1.29 is 4.79 Å². The van der Waals surface area contributed by atoms with Gasteiger partial charge in [0.15, 0.2) is 0 Å². The van der Waals surface area contributed by atoms with E-state index >= 15 is 0 Å². The van der Waals surface area contributed by atoms with E-state index in [1.54, 1.807) is 0 Å². The Bertz CT molecular complexity index is 239. The quantitative estimate of drug-likeness (QED) is 0.619. The fourth-order valence-electron chi connectivity index (χ4n) is 1.63. The third-order valence-electron chi connectivity index (χ3n) is 3.49. The zero-order valence-electron chi connectivity index (χ0n) is 11.6. The van der Waals surface area contributed by atoms with Gasteiger partial charge in [0, 0.05) is 25.2 Å². The molecule has 0 heterocycles. The van der Waals surface area contributed by atoms with Crippen LogP contribution in [0.1, 0.15) is 33.6 Å². The molecule has 1 aliphatic carbocycles. The average Bonchev–Trinajstić information content (AvgIpc) is 3.07. The van der Waals surface area contributed by atoms with Crippen molar-refractivity contribution >= 4 is 5.91 Å². The summed E-state index contributed by atoms with van der Waals surface area (Å²) in [6.45, 7) is 8.61. The van der Waals surface area contributed by atoms with Crippen LogP contribution in [-0.2, 0) is 4.79 Å². The summed E-state index contributed by atoms with van der Waals surface area (Å²) >= 11 is 0. The number of hydrogen-bond acceptors (Lipinski definition) is 3. The van der Waals surface area contributed by atoms with Crippen LogP contribution in [0.4, 0.5) is 0 Å². The van der Waals surface area contributed by atoms with Crippen molar-refractivity contribution in [3.63, 3.8) is 0 Å². The molecular formula is C13H27N3O. The first-order chi connectivity index (χ1) is 8.00. The van der Waals surface area contributed by atoms with Crippen LogP contribution < -0.4 is 10.6 Å². The van der Waals surface area contributed by atoms with E-state index in [9.17, 15) is 4.79 Å². The van der Waals surface area contributed by atoms with E-state index in [1.165, 1.54) is 12.8 Å². The van der Waals surface area contributed by atoms with Crippen LogP contribution in [0.5, 0.6) is 0 Å². The molecule has 1 saturated carbocycles. The van der Waals surface area contributed by atoms with Crippen LogP contribution in [0.15, 0.2) is 0 Å². The zero-order chi connectivity index (χ0) is 12.8. The molecule has 0 aliphatic heterocycles. The van der Waals surface area contributed by atoms with Gasteiger partial charge in [-0.15, -0.1) is 0 Å². The van der Waals surface area contributed by atoms with Gasteiger partial charge in [-0.2, -0.15) is 0 Å². The van der Waals surface area contributed by atoms with Crippen molar-refractivity contribution in [2.24, 2.45) is 5.92 Å². The van der Waals surface area contributed by atoms with Gasteiger partial charge in [-0.05, 0) is 32.7 Å². The van der Waals surface area contributed by atoms with Gasteiger partial charge in [0.05, 0.1) is 6.54 Å². The Morgan fingerprint density at radius 3 is 2.53 bits per heavy atom. The number of hydrogen-bond donors (Lipinski definition) is 2. The van der Waals surface area contributed by atoms with E-state index < -0.39 is 0 Å². The fraction of sp³-hybridized carbons (Fsp3) is 0.923. The lowest BCUT2D eigenvalue weighted by molar-refractivity contribution is -0.121. The lowest BCUT2D eigenvalue weighted by Crippen LogP contribution is -2.42. The molecule has 1 rings (SSSR count). The van der Waals surface area contributed by atoms with E-state index in [1.807, 2.05) is 6.92 Å². The number of nitrogens with one attached hydrogen (secondary N) is 2. The number of nitrogens with zero attached hydrogens (tertiary/aromatic N) is 1. The summed E-state index contributed by atoms with van der Waals surface area (Å²) in [6.07, 6.45) is 2.67. The molecule has 0 saturated heterocycles. The van der Waals surface area contributed by atoms with Gasteiger partial charge in [0.25, 0.3) is 0 Å². The summed E-state index contributed by atoms with van der Waals surface area (Å²) in [7, 11) is 2.15. The second-order valence-electron chi connectivity index (χ2n) is 5.49. The Balaban J connectivity index is 1.99. The molecule has 0 aromatic carbocycles. The molecule has 100 valence electrons. The molecule has 4 heteroatoms. The van der Waals surface area contributed by atoms with Gasteiger partial charge in [-0.3, -0.25) is 4.79 Å². The fourth-order valence-corrected chi connectivity index (χ4v) is 1.63. The summed E-state index contributed by atoms with van der Waals surface area (Å²) in [5.41, 5.74) is 0. The molecule has 17 heavy (non-hydrogen) atoms. The molecule has 2 N–H and O–H groups in total. The summed E-state index contributed by atoms with van der Waals surface area (Å²) in [6, 6.07) is 1.05. The van der Waals surface area contributed by atoms with Crippen molar-refractivity contribution in [2.45, 2.75) is 45.7 Å². The second kappa shape index (κ2) is 6.97. The van der Waals surface area contributed by atoms with Gasteiger partial charge in [0.1, 0.15) is 0 Å². The van der Waals surface area contributed by atoms with Crippen LogP contribution >= 0.6 is 0 Å². The van der Waals surface area contributed by atoms with E-state index in [2.05, 4.69) is 36.4 Å². The Labute approximate surface area is 105 Å². The molecule has 0 aromatic rings. The highest BCUT2D eigenvalue weighted by atomic mass is 16.1. The van der Waals surface area contributed by atoms with Gasteiger partial charge >= 0.3 is 0 Å². The van der Waals surface area contributed by atoms with E-state index in [0.29, 0.717) is 12.5 Å². The van der Waals surface area contributed by atoms with Crippen molar-refractivity contribution in [2.75, 3.05) is 26.7 Å². The van der Waals surface area contributed by atoms with Gasteiger partial charge in [-0.25, -0.2) is 0 Å². The Hall–Kier alpha value is -0.610. The lowest BCUT2D eigenvalue weighted by Gasteiger charge is -2.18. The number of likely N-dealkylation sites (N-methyl/N-ethyl adjacent to an activating group) is 1. The molecule has 0 aromatic heterocycles. The van der Waals surface area contributed by atoms with Crippen LogP contribution in [0.2, 0.25) is 0 Å². The summed E-state index contributed by atoms with van der Waals surface area (Å²) in [5, 5.41) is 6.18. The minimum absolute atomic E-state index is 0.0975. The molecule has 4 nitrogen and oxygen atoms in total. The summed E-state index contributed by atoms with van der Waals surface area (Å²) in [5.74, 6) is 0.584. The molecule has 1 fully saturated rings. The highest BCUT2D eigenvalue weighted by Crippen LogP contribution is 2.24. The molecule has 0 bridgehead atoms. The van der Waals surface area contributed by atoms with Gasteiger partial charge < -0.3 is 15.5 Å². The average molecular weight is 241 g/mol. The van der Waals surface area contributed by atoms with Gasteiger partial charge in [-0.1, -0.05) is 13.8 Å². The maximum Gasteiger partial charge on any atom is 0.234 e. The number of rotatable bonds is 8. The highest BCUT2D eigenvalue weighted by molar-refractivity contribution is 5.78. The van der Waals surface area contributed by atoms with Crippen LogP contribution in [0, 0.1) is 5.92 Å². The lowest BCUT2D eigenvalue weighted by atomic mass is 10.1. The summed E-state index contributed by atoms with van der Waals surface area (Å²) in [4.78, 5) is 13.9. The smallest absolute Gasteiger partial charge is 0.234 e. The summed E-state index contributed by atoms with van der Waals surface area (Å²) < 4.78 is 0. The van der Waals surface area contributed by atoms with E-state index in [-0.39, 0.29) is 11.9 Å². The largest absolute Gasteiger partial charge is 0.352 e. The first-order valence-electron chi connectivity index (χ1n) is 6.71. The topological polar surface area (TPSA) is 44.4 Å². The first-order valence-corrected chi connectivity index (χ1v) is 6.71. The predicted octanol–water partition coefficient (Wildman–Crippen LogP) is 0.831. The first kappa shape index (κ1) is 14.5. The van der Waals surface area contributed by atoms with Crippen LogP contribution in [0.25, 0.3) is 0 Å². The maximum atomic E-state index is 11.6. The van der Waals surface area contributed by atoms with E-state index in [4.69, 9.17) is 0 Å². The van der Waals surface area contributed by atoms with Gasteiger partial charge in [0.2, 0.25) is 5.91 Å². The predicted molar refractivity (Wildman–Crippen MR) is 71.0 cm³/mol. The Morgan fingerprint density at radius 2 is 2.00 bits per heavy atom. The molecule has 1 unspecified atom stereocenters.